The molecular weight excluding hydrogens is 216 g/mol. The van der Waals surface area contributed by atoms with E-state index in [0.29, 0.717) is 13.2 Å². The summed E-state index contributed by atoms with van der Waals surface area (Å²) in [5.74, 6) is 0.920. The molecule has 0 saturated heterocycles. The predicted octanol–water partition coefficient (Wildman–Crippen LogP) is 1.31. The van der Waals surface area contributed by atoms with Gasteiger partial charge in [0.05, 0.1) is 6.61 Å². The van der Waals surface area contributed by atoms with E-state index in [1.165, 1.54) is 6.92 Å². The van der Waals surface area contributed by atoms with E-state index in [1.54, 1.807) is 0 Å². The van der Waals surface area contributed by atoms with Gasteiger partial charge in [-0.05, 0) is 13.0 Å². The Morgan fingerprint density at radius 1 is 1.29 bits per heavy atom. The molecular formula is C13H20N2O2. The number of carbonyl (C=O) groups excluding carboxylic acids is 1. The molecule has 2 N–H and O–H groups in total. The minimum atomic E-state index is 0.00140. The highest BCUT2D eigenvalue weighted by Gasteiger charge is 2.01. The maximum Gasteiger partial charge on any atom is 0.216 e. The van der Waals surface area contributed by atoms with Gasteiger partial charge in [-0.2, -0.15) is 0 Å². The molecule has 1 rings (SSSR count). The summed E-state index contributed by atoms with van der Waals surface area (Å²) >= 11 is 0. The molecule has 4 heteroatoms. The highest BCUT2D eigenvalue weighted by atomic mass is 16.5. The second-order valence-corrected chi connectivity index (χ2v) is 3.70. The van der Waals surface area contributed by atoms with Crippen LogP contribution in [0.1, 0.15) is 19.4 Å². The standard InChI is InChI=1S/C13H20N2O2/c1-3-17-13-7-5-4-6-12(13)10-14-8-9-15-11(2)16/h4-7,14H,3,8-10H2,1-2H3,(H,15,16). The third kappa shape index (κ3) is 5.36. The summed E-state index contributed by atoms with van der Waals surface area (Å²) in [4.78, 5) is 10.7. The number of benzene rings is 1. The molecule has 0 aliphatic rings. The molecule has 4 nitrogen and oxygen atoms in total. The van der Waals surface area contributed by atoms with E-state index in [2.05, 4.69) is 10.6 Å². The first kappa shape index (κ1) is 13.5. The van der Waals surface area contributed by atoms with Crippen molar-refractivity contribution in [2.75, 3.05) is 19.7 Å². The zero-order valence-corrected chi connectivity index (χ0v) is 10.5. The third-order valence-corrected chi connectivity index (χ3v) is 2.26. The van der Waals surface area contributed by atoms with Gasteiger partial charge in [-0.15, -0.1) is 0 Å². The van der Waals surface area contributed by atoms with Gasteiger partial charge < -0.3 is 15.4 Å². The van der Waals surface area contributed by atoms with Crippen LogP contribution in [0.4, 0.5) is 0 Å². The molecule has 1 amide bonds. The summed E-state index contributed by atoms with van der Waals surface area (Å²) in [7, 11) is 0. The van der Waals surface area contributed by atoms with Gasteiger partial charge in [0.2, 0.25) is 5.91 Å². The Bertz CT molecular complexity index is 353. The highest BCUT2D eigenvalue weighted by Crippen LogP contribution is 2.17. The average Bonchev–Trinajstić information content (AvgIpc) is 2.31. The second kappa shape index (κ2) is 7.68. The lowest BCUT2D eigenvalue weighted by Gasteiger charge is -2.10. The number of rotatable bonds is 7. The largest absolute Gasteiger partial charge is 0.494 e. The summed E-state index contributed by atoms with van der Waals surface area (Å²) in [5, 5.41) is 6.00. The van der Waals surface area contributed by atoms with Gasteiger partial charge >= 0.3 is 0 Å². The molecule has 0 fully saturated rings. The van der Waals surface area contributed by atoms with E-state index in [9.17, 15) is 4.79 Å². The van der Waals surface area contributed by atoms with E-state index in [0.717, 1.165) is 24.4 Å². The quantitative estimate of drug-likeness (QED) is 0.702. The average molecular weight is 236 g/mol. The zero-order valence-electron chi connectivity index (χ0n) is 10.5. The third-order valence-electron chi connectivity index (χ3n) is 2.26. The van der Waals surface area contributed by atoms with Crippen LogP contribution in [-0.4, -0.2) is 25.6 Å². The van der Waals surface area contributed by atoms with Gasteiger partial charge in [-0.25, -0.2) is 0 Å². The Morgan fingerprint density at radius 2 is 2.06 bits per heavy atom. The van der Waals surface area contributed by atoms with E-state index >= 15 is 0 Å². The van der Waals surface area contributed by atoms with Crippen LogP contribution in [0.15, 0.2) is 24.3 Å². The number of hydrogen-bond acceptors (Lipinski definition) is 3. The molecule has 0 aromatic heterocycles. The normalized spacial score (nSPS) is 10.0. The van der Waals surface area contributed by atoms with Crippen molar-refractivity contribution in [3.8, 4) is 5.75 Å². The Morgan fingerprint density at radius 3 is 2.76 bits per heavy atom. The molecule has 0 radical (unpaired) electrons. The molecule has 0 aliphatic carbocycles. The Balaban J connectivity index is 2.33. The van der Waals surface area contributed by atoms with Gasteiger partial charge in [0.15, 0.2) is 0 Å². The van der Waals surface area contributed by atoms with Crippen LogP contribution < -0.4 is 15.4 Å². The van der Waals surface area contributed by atoms with Crippen LogP contribution in [0.5, 0.6) is 5.75 Å². The maximum atomic E-state index is 10.7. The number of carbonyl (C=O) groups is 1. The number of ether oxygens (including phenoxy) is 1. The van der Waals surface area contributed by atoms with Crippen molar-refractivity contribution >= 4 is 5.91 Å². The van der Waals surface area contributed by atoms with Gasteiger partial charge in [0.25, 0.3) is 0 Å². The second-order valence-electron chi connectivity index (χ2n) is 3.70. The van der Waals surface area contributed by atoms with Crippen molar-refractivity contribution in [3.05, 3.63) is 29.8 Å². The van der Waals surface area contributed by atoms with Gasteiger partial charge in [0, 0.05) is 32.1 Å². The van der Waals surface area contributed by atoms with Crippen LogP contribution in [0.25, 0.3) is 0 Å². The maximum absolute atomic E-state index is 10.7. The summed E-state index contributed by atoms with van der Waals surface area (Å²) in [6, 6.07) is 7.96. The topological polar surface area (TPSA) is 50.4 Å². The number of hydrogen-bond donors (Lipinski definition) is 2. The summed E-state index contributed by atoms with van der Waals surface area (Å²) in [5.41, 5.74) is 1.14. The molecule has 0 atom stereocenters. The first-order valence-electron chi connectivity index (χ1n) is 5.90. The Kier molecular flexibility index (Phi) is 6.10. The first-order chi connectivity index (χ1) is 8.24. The van der Waals surface area contributed by atoms with Crippen molar-refractivity contribution in [1.29, 1.82) is 0 Å². The fraction of sp³-hybridized carbons (Fsp3) is 0.462. The van der Waals surface area contributed by atoms with Crippen molar-refractivity contribution in [1.82, 2.24) is 10.6 Å². The smallest absolute Gasteiger partial charge is 0.216 e. The monoisotopic (exact) mass is 236 g/mol. The van der Waals surface area contributed by atoms with E-state index in [4.69, 9.17) is 4.74 Å². The number of nitrogens with one attached hydrogen (secondary N) is 2. The molecule has 0 aliphatic heterocycles. The van der Waals surface area contributed by atoms with Crippen molar-refractivity contribution < 1.29 is 9.53 Å². The number of amides is 1. The van der Waals surface area contributed by atoms with Gasteiger partial charge in [-0.3, -0.25) is 4.79 Å². The number of para-hydroxylation sites is 1. The molecule has 17 heavy (non-hydrogen) atoms. The molecule has 0 spiro atoms. The molecule has 1 aromatic carbocycles. The van der Waals surface area contributed by atoms with Crippen molar-refractivity contribution in [3.63, 3.8) is 0 Å². The van der Waals surface area contributed by atoms with E-state index in [-0.39, 0.29) is 5.91 Å². The van der Waals surface area contributed by atoms with E-state index < -0.39 is 0 Å². The molecule has 0 bridgehead atoms. The SMILES string of the molecule is CCOc1ccccc1CNCCNC(C)=O. The minimum absolute atomic E-state index is 0.00140. The molecule has 0 heterocycles. The van der Waals surface area contributed by atoms with Gasteiger partial charge in [-0.1, -0.05) is 18.2 Å². The lowest BCUT2D eigenvalue weighted by Crippen LogP contribution is -2.29. The summed E-state index contributed by atoms with van der Waals surface area (Å²) < 4.78 is 5.52. The molecule has 1 aromatic rings. The van der Waals surface area contributed by atoms with Crippen LogP contribution in [-0.2, 0) is 11.3 Å². The minimum Gasteiger partial charge on any atom is -0.494 e. The van der Waals surface area contributed by atoms with Crippen molar-refractivity contribution in [2.45, 2.75) is 20.4 Å². The summed E-state index contributed by atoms with van der Waals surface area (Å²) in [6.07, 6.45) is 0. The fourth-order valence-corrected chi connectivity index (χ4v) is 1.50. The lowest BCUT2D eigenvalue weighted by atomic mass is 10.2. The molecule has 0 unspecified atom stereocenters. The van der Waals surface area contributed by atoms with E-state index in [1.807, 2.05) is 31.2 Å². The predicted molar refractivity (Wildman–Crippen MR) is 68.0 cm³/mol. The first-order valence-corrected chi connectivity index (χ1v) is 5.90. The van der Waals surface area contributed by atoms with Gasteiger partial charge in [0.1, 0.15) is 5.75 Å². The van der Waals surface area contributed by atoms with Crippen LogP contribution in [0.2, 0.25) is 0 Å². The van der Waals surface area contributed by atoms with Crippen LogP contribution in [0.3, 0.4) is 0 Å². The Hall–Kier alpha value is -1.55. The van der Waals surface area contributed by atoms with Crippen LogP contribution in [0, 0.1) is 0 Å². The van der Waals surface area contributed by atoms with Crippen molar-refractivity contribution in [2.24, 2.45) is 0 Å². The Labute approximate surface area is 102 Å². The fourth-order valence-electron chi connectivity index (χ4n) is 1.50. The zero-order chi connectivity index (χ0) is 12.5. The highest BCUT2D eigenvalue weighted by molar-refractivity contribution is 5.72. The summed E-state index contributed by atoms with van der Waals surface area (Å²) in [6.45, 7) is 6.30. The molecule has 0 saturated carbocycles. The van der Waals surface area contributed by atoms with Crippen LogP contribution >= 0.6 is 0 Å². The lowest BCUT2D eigenvalue weighted by molar-refractivity contribution is -0.118. The molecule has 94 valence electrons.